The zero-order valence-electron chi connectivity index (χ0n) is 13.3. The van der Waals surface area contributed by atoms with Crippen LogP contribution in [0.1, 0.15) is 15.2 Å². The van der Waals surface area contributed by atoms with E-state index in [0.29, 0.717) is 10.5 Å². The van der Waals surface area contributed by atoms with E-state index in [4.69, 9.17) is 0 Å². The molecular formula is C16H12F3N3O3S. The van der Waals surface area contributed by atoms with E-state index in [1.165, 1.54) is 29.6 Å². The van der Waals surface area contributed by atoms with Gasteiger partial charge in [0.15, 0.2) is 0 Å². The van der Waals surface area contributed by atoms with Gasteiger partial charge in [0.2, 0.25) is 0 Å². The van der Waals surface area contributed by atoms with Gasteiger partial charge in [-0.3, -0.25) is 14.9 Å². The predicted molar refractivity (Wildman–Crippen MR) is 87.8 cm³/mol. The fraction of sp³-hybridized carbons (Fsp3) is 0.188. The highest BCUT2D eigenvalue weighted by atomic mass is 32.1. The third kappa shape index (κ3) is 2.71. The van der Waals surface area contributed by atoms with Gasteiger partial charge in [-0.05, 0) is 30.0 Å². The summed E-state index contributed by atoms with van der Waals surface area (Å²) in [5.41, 5.74) is -3.10. The third-order valence-electron chi connectivity index (χ3n) is 3.85. The number of nitrogens with one attached hydrogen (secondary N) is 2. The van der Waals surface area contributed by atoms with Crippen LogP contribution in [0.25, 0.3) is 0 Å². The lowest BCUT2D eigenvalue weighted by atomic mass is 10.1. The summed E-state index contributed by atoms with van der Waals surface area (Å²) in [4.78, 5) is 37.4. The number of carbonyl (C=O) groups is 3. The zero-order valence-corrected chi connectivity index (χ0v) is 14.1. The Morgan fingerprint density at radius 2 is 1.88 bits per heavy atom. The van der Waals surface area contributed by atoms with Gasteiger partial charge in [-0.15, -0.1) is 11.3 Å². The van der Waals surface area contributed by atoms with E-state index in [2.05, 4.69) is 0 Å². The first-order valence-electron chi connectivity index (χ1n) is 7.32. The van der Waals surface area contributed by atoms with Crippen molar-refractivity contribution in [3.8, 4) is 0 Å². The maximum absolute atomic E-state index is 13.8. The molecule has 1 saturated heterocycles. The number of carbonyl (C=O) groups excluding carboxylic acids is 3. The number of benzene rings is 1. The molecule has 1 aromatic heterocycles. The Bertz CT molecular complexity index is 882. The number of halogens is 3. The second-order valence-electron chi connectivity index (χ2n) is 5.54. The van der Waals surface area contributed by atoms with Crippen molar-refractivity contribution >= 4 is 34.9 Å². The summed E-state index contributed by atoms with van der Waals surface area (Å²) in [6.07, 6.45) is -5.25. The van der Waals surface area contributed by atoms with Crippen LogP contribution in [0.15, 0.2) is 41.8 Å². The zero-order chi connectivity index (χ0) is 19.1. The van der Waals surface area contributed by atoms with Crippen LogP contribution in [0.3, 0.4) is 0 Å². The lowest BCUT2D eigenvalue weighted by Gasteiger charge is -2.29. The number of thiophene rings is 1. The van der Waals surface area contributed by atoms with Crippen LogP contribution in [0.4, 0.5) is 23.7 Å². The molecule has 0 aliphatic carbocycles. The predicted octanol–water partition coefficient (Wildman–Crippen LogP) is 2.80. The largest absolute Gasteiger partial charge is 0.440 e. The highest BCUT2D eigenvalue weighted by Gasteiger charge is 2.69. The lowest BCUT2D eigenvalue weighted by Crippen LogP contribution is -2.69. The monoisotopic (exact) mass is 383 g/mol. The fourth-order valence-electron chi connectivity index (χ4n) is 2.55. The Labute approximate surface area is 149 Å². The summed E-state index contributed by atoms with van der Waals surface area (Å²) in [6, 6.07) is 7.52. The number of hydrogen-bond donors (Lipinski definition) is 2. The molecule has 136 valence electrons. The van der Waals surface area contributed by atoms with E-state index in [9.17, 15) is 27.6 Å². The molecule has 1 fully saturated rings. The van der Waals surface area contributed by atoms with Gasteiger partial charge >= 0.3 is 12.2 Å². The molecule has 2 heterocycles. The van der Waals surface area contributed by atoms with Crippen LogP contribution in [0, 0.1) is 6.92 Å². The first kappa shape index (κ1) is 17.9. The fourth-order valence-corrected chi connectivity index (χ4v) is 3.17. The van der Waals surface area contributed by atoms with Crippen LogP contribution in [0.5, 0.6) is 0 Å². The molecular weight excluding hydrogens is 371 g/mol. The molecule has 1 aromatic carbocycles. The topological polar surface area (TPSA) is 78.5 Å². The van der Waals surface area contributed by atoms with Crippen LogP contribution in [-0.2, 0) is 4.79 Å². The summed E-state index contributed by atoms with van der Waals surface area (Å²) < 4.78 is 41.3. The second-order valence-corrected chi connectivity index (χ2v) is 6.48. The number of nitrogens with zero attached hydrogens (tertiary/aromatic N) is 1. The lowest BCUT2D eigenvalue weighted by molar-refractivity contribution is -0.197. The van der Waals surface area contributed by atoms with E-state index >= 15 is 0 Å². The Kier molecular flexibility index (Phi) is 4.23. The van der Waals surface area contributed by atoms with Gasteiger partial charge in [-0.2, -0.15) is 13.2 Å². The molecule has 26 heavy (non-hydrogen) atoms. The highest BCUT2D eigenvalue weighted by molar-refractivity contribution is 7.12. The van der Waals surface area contributed by atoms with Crippen molar-refractivity contribution in [3.05, 3.63) is 52.2 Å². The summed E-state index contributed by atoms with van der Waals surface area (Å²) in [6.45, 7) is 1.55. The molecule has 0 saturated carbocycles. The van der Waals surface area contributed by atoms with E-state index < -0.39 is 29.7 Å². The normalized spacial score (nSPS) is 20.2. The smallest absolute Gasteiger partial charge is 0.313 e. The van der Waals surface area contributed by atoms with Gasteiger partial charge in [0.05, 0.1) is 10.6 Å². The van der Waals surface area contributed by atoms with Crippen LogP contribution >= 0.6 is 11.3 Å². The van der Waals surface area contributed by atoms with Gasteiger partial charge in [0, 0.05) is 0 Å². The molecule has 2 N–H and O–H groups in total. The van der Waals surface area contributed by atoms with Crippen molar-refractivity contribution in [2.24, 2.45) is 0 Å². The van der Waals surface area contributed by atoms with E-state index in [0.717, 1.165) is 11.3 Å². The quantitative estimate of drug-likeness (QED) is 0.800. The number of aryl methyl sites for hydroxylation is 1. The van der Waals surface area contributed by atoms with Gasteiger partial charge in [-0.25, -0.2) is 9.69 Å². The van der Waals surface area contributed by atoms with Gasteiger partial charge in [0.1, 0.15) is 0 Å². The molecule has 0 radical (unpaired) electrons. The first-order chi connectivity index (χ1) is 12.2. The van der Waals surface area contributed by atoms with Crippen LogP contribution in [0.2, 0.25) is 0 Å². The minimum absolute atomic E-state index is 0.00602. The molecule has 0 spiro atoms. The molecule has 0 unspecified atom stereocenters. The molecule has 0 bridgehead atoms. The number of hydrogen-bond acceptors (Lipinski definition) is 4. The molecule has 2 aromatic rings. The summed E-state index contributed by atoms with van der Waals surface area (Å²) in [5, 5.41) is 4.77. The Morgan fingerprint density at radius 1 is 1.19 bits per heavy atom. The van der Waals surface area contributed by atoms with Gasteiger partial charge < -0.3 is 5.32 Å². The number of imide groups is 1. The molecule has 3 rings (SSSR count). The van der Waals surface area contributed by atoms with E-state index in [1.807, 2.05) is 0 Å². The van der Waals surface area contributed by atoms with Gasteiger partial charge in [-0.1, -0.05) is 24.3 Å². The van der Waals surface area contributed by atoms with Crippen molar-refractivity contribution in [1.82, 2.24) is 10.6 Å². The first-order valence-corrected chi connectivity index (χ1v) is 8.20. The highest BCUT2D eigenvalue weighted by Crippen LogP contribution is 2.36. The molecule has 1 aliphatic rings. The van der Waals surface area contributed by atoms with Gasteiger partial charge in [0.25, 0.3) is 17.5 Å². The molecule has 4 amide bonds. The number of anilines is 1. The molecule has 1 aliphatic heterocycles. The van der Waals surface area contributed by atoms with Crippen LogP contribution < -0.4 is 15.5 Å². The standard InChI is InChI=1S/C16H12F3N3O3S/c1-9-5-2-3-6-10(9)22-13(24)15(16(17,18)19,21-14(22)25)20-12(23)11-7-4-8-26-11/h2-8H,1H3,(H,20,23)(H,21,25)/t15-/m1/s1. The minimum Gasteiger partial charge on any atom is -0.313 e. The van der Waals surface area contributed by atoms with Crippen molar-refractivity contribution in [2.45, 2.75) is 18.8 Å². The maximum atomic E-state index is 13.8. The Hall–Kier alpha value is -2.88. The van der Waals surface area contributed by atoms with Crippen LogP contribution in [-0.4, -0.2) is 29.7 Å². The second kappa shape index (κ2) is 6.13. The Morgan fingerprint density at radius 3 is 2.46 bits per heavy atom. The molecule has 6 nitrogen and oxygen atoms in total. The third-order valence-corrected chi connectivity index (χ3v) is 4.72. The number of urea groups is 1. The average Bonchev–Trinajstić information content (AvgIpc) is 3.16. The number of rotatable bonds is 3. The van der Waals surface area contributed by atoms with E-state index in [-0.39, 0.29) is 10.6 Å². The van der Waals surface area contributed by atoms with Crippen molar-refractivity contribution in [2.75, 3.05) is 4.90 Å². The molecule has 10 heteroatoms. The summed E-state index contributed by atoms with van der Waals surface area (Å²) >= 11 is 0.908. The summed E-state index contributed by atoms with van der Waals surface area (Å²) in [5.74, 6) is -2.73. The SMILES string of the molecule is Cc1ccccc1N1C(=O)N[C@@](NC(=O)c2cccs2)(C(F)(F)F)C1=O. The number of para-hydroxylation sites is 1. The average molecular weight is 383 g/mol. The summed E-state index contributed by atoms with van der Waals surface area (Å²) in [7, 11) is 0. The number of amides is 4. The molecule has 1 atom stereocenters. The number of alkyl halides is 3. The van der Waals surface area contributed by atoms with Crippen molar-refractivity contribution in [3.63, 3.8) is 0 Å². The maximum Gasteiger partial charge on any atom is 0.440 e. The van der Waals surface area contributed by atoms with E-state index in [1.54, 1.807) is 29.7 Å². The minimum atomic E-state index is -5.25. The van der Waals surface area contributed by atoms with Crippen molar-refractivity contribution in [1.29, 1.82) is 0 Å². The van der Waals surface area contributed by atoms with Crippen molar-refractivity contribution < 1.29 is 27.6 Å². The Balaban J connectivity index is 2.04.